The fourth-order valence-corrected chi connectivity index (χ4v) is 4.39. The van der Waals surface area contributed by atoms with Gasteiger partial charge in [0.05, 0.1) is 13.2 Å². The number of nitrogens with two attached hydrogens (primary N) is 1. The van der Waals surface area contributed by atoms with E-state index < -0.39 is 28.9 Å². The summed E-state index contributed by atoms with van der Waals surface area (Å²) < 4.78 is 4.95. The third-order valence-corrected chi connectivity index (χ3v) is 6.14. The third kappa shape index (κ3) is 4.12. The van der Waals surface area contributed by atoms with Crippen molar-refractivity contribution in [1.29, 1.82) is 0 Å². The molecular formula is C21H28ClN3O4. The van der Waals surface area contributed by atoms with Gasteiger partial charge in [-0.25, -0.2) is 4.79 Å². The Hall–Kier alpha value is -2.12. The summed E-state index contributed by atoms with van der Waals surface area (Å²) in [6.45, 7) is 6.35. The van der Waals surface area contributed by atoms with Crippen molar-refractivity contribution in [3.8, 4) is 0 Å². The van der Waals surface area contributed by atoms with Gasteiger partial charge in [-0.3, -0.25) is 9.59 Å². The molecule has 0 aromatic heterocycles. The highest BCUT2D eigenvalue weighted by molar-refractivity contribution is 6.30. The molecule has 1 unspecified atom stereocenters. The Balaban J connectivity index is 1.88. The number of nitrogens with zero attached hydrogens (tertiary/aromatic N) is 2. The van der Waals surface area contributed by atoms with E-state index in [9.17, 15) is 14.4 Å². The minimum Gasteiger partial charge on any atom is -0.467 e. The second-order valence-corrected chi connectivity index (χ2v) is 9.63. The van der Waals surface area contributed by atoms with Crippen LogP contribution in [0, 0.1) is 10.8 Å². The van der Waals surface area contributed by atoms with Crippen molar-refractivity contribution in [2.75, 3.05) is 25.1 Å². The van der Waals surface area contributed by atoms with Crippen LogP contribution in [0.15, 0.2) is 24.3 Å². The Morgan fingerprint density at radius 1 is 1.31 bits per heavy atom. The van der Waals surface area contributed by atoms with E-state index in [0.717, 1.165) is 0 Å². The van der Waals surface area contributed by atoms with Gasteiger partial charge < -0.3 is 20.3 Å². The smallest absolute Gasteiger partial charge is 0.328 e. The number of hydrogen-bond acceptors (Lipinski definition) is 5. The lowest BCUT2D eigenvalue weighted by molar-refractivity contribution is -0.152. The lowest BCUT2D eigenvalue weighted by atomic mass is 9.84. The molecule has 2 heterocycles. The van der Waals surface area contributed by atoms with Crippen LogP contribution < -0.4 is 10.6 Å². The quantitative estimate of drug-likeness (QED) is 0.755. The summed E-state index contributed by atoms with van der Waals surface area (Å²) in [7, 11) is 1.30. The molecule has 1 spiro atoms. The Morgan fingerprint density at radius 2 is 2.00 bits per heavy atom. The minimum atomic E-state index is -0.758. The van der Waals surface area contributed by atoms with Crippen LogP contribution in [0.25, 0.3) is 0 Å². The highest BCUT2D eigenvalue weighted by atomic mass is 35.5. The van der Waals surface area contributed by atoms with Crippen molar-refractivity contribution >= 4 is 35.1 Å². The molecule has 2 aliphatic rings. The van der Waals surface area contributed by atoms with Crippen LogP contribution in [0.2, 0.25) is 5.02 Å². The zero-order valence-electron chi connectivity index (χ0n) is 17.3. The van der Waals surface area contributed by atoms with Crippen LogP contribution in [-0.4, -0.2) is 55.0 Å². The number of ether oxygens (including phenoxy) is 1. The van der Waals surface area contributed by atoms with Crippen molar-refractivity contribution in [3.05, 3.63) is 29.3 Å². The lowest BCUT2D eigenvalue weighted by Crippen LogP contribution is -2.53. The maximum atomic E-state index is 13.1. The Kier molecular flexibility index (Phi) is 5.66. The summed E-state index contributed by atoms with van der Waals surface area (Å²) in [5, 5.41) is 0.545. The highest BCUT2D eigenvalue weighted by Gasteiger charge is 2.55. The van der Waals surface area contributed by atoms with Crippen molar-refractivity contribution in [1.82, 2.24) is 4.90 Å². The van der Waals surface area contributed by atoms with E-state index in [0.29, 0.717) is 23.7 Å². The van der Waals surface area contributed by atoms with Crippen LogP contribution in [0.1, 0.15) is 33.6 Å². The molecular weight excluding hydrogens is 394 g/mol. The standard InChI is InChI=1S/C21H28ClN3O4/c1-20(2,3)17(23)18(27)25-12-21(9-15(25)19(28)29-4)10-16(26)24(11-21)14-7-5-6-13(22)8-14/h5-8,15,17H,9-12,23H2,1-4H3/t15-,17?,21+/m0/s1. The molecule has 0 aliphatic carbocycles. The number of rotatable bonds is 3. The van der Waals surface area contributed by atoms with Gasteiger partial charge in [-0.05, 0) is 30.0 Å². The molecule has 1 aromatic rings. The molecule has 3 rings (SSSR count). The molecule has 158 valence electrons. The third-order valence-electron chi connectivity index (χ3n) is 5.90. The molecule has 0 bridgehead atoms. The number of anilines is 1. The number of esters is 1. The van der Waals surface area contributed by atoms with Gasteiger partial charge >= 0.3 is 5.97 Å². The van der Waals surface area contributed by atoms with E-state index in [1.165, 1.54) is 12.0 Å². The number of methoxy groups -OCH3 is 1. The number of carbonyl (C=O) groups is 3. The Labute approximate surface area is 176 Å². The Bertz CT molecular complexity index is 837. The van der Waals surface area contributed by atoms with Crippen LogP contribution in [0.3, 0.4) is 0 Å². The number of carbonyl (C=O) groups excluding carboxylic acids is 3. The second kappa shape index (κ2) is 7.61. The van der Waals surface area contributed by atoms with Gasteiger partial charge in [0, 0.05) is 35.6 Å². The number of benzene rings is 1. The van der Waals surface area contributed by atoms with E-state index in [1.807, 2.05) is 26.8 Å². The molecule has 8 heteroatoms. The molecule has 0 radical (unpaired) electrons. The van der Waals surface area contributed by atoms with E-state index in [-0.39, 0.29) is 24.8 Å². The average molecular weight is 422 g/mol. The van der Waals surface area contributed by atoms with Gasteiger partial charge in [-0.1, -0.05) is 38.4 Å². The molecule has 29 heavy (non-hydrogen) atoms. The molecule has 2 amide bonds. The van der Waals surface area contributed by atoms with Crippen LogP contribution >= 0.6 is 11.6 Å². The summed E-state index contributed by atoms with van der Waals surface area (Å²) in [5.41, 5.74) is 5.93. The topological polar surface area (TPSA) is 92.9 Å². The summed E-state index contributed by atoms with van der Waals surface area (Å²) in [5.74, 6) is -0.825. The summed E-state index contributed by atoms with van der Waals surface area (Å²) in [6.07, 6.45) is 0.618. The van der Waals surface area contributed by atoms with Crippen molar-refractivity contribution < 1.29 is 19.1 Å². The van der Waals surface area contributed by atoms with Crippen LogP contribution in [0.5, 0.6) is 0 Å². The monoisotopic (exact) mass is 421 g/mol. The zero-order chi connectivity index (χ0) is 21.6. The molecule has 2 aliphatic heterocycles. The second-order valence-electron chi connectivity index (χ2n) is 9.19. The van der Waals surface area contributed by atoms with E-state index in [4.69, 9.17) is 22.1 Å². The molecule has 2 fully saturated rings. The van der Waals surface area contributed by atoms with Gasteiger partial charge in [-0.15, -0.1) is 0 Å². The number of hydrogen-bond donors (Lipinski definition) is 1. The molecule has 2 saturated heterocycles. The lowest BCUT2D eigenvalue weighted by Gasteiger charge is -2.32. The highest BCUT2D eigenvalue weighted by Crippen LogP contribution is 2.45. The number of halogens is 1. The largest absolute Gasteiger partial charge is 0.467 e. The molecule has 3 atom stereocenters. The first-order valence-corrected chi connectivity index (χ1v) is 10.0. The molecule has 0 saturated carbocycles. The number of likely N-dealkylation sites (tertiary alicyclic amines) is 1. The van der Waals surface area contributed by atoms with E-state index in [2.05, 4.69) is 0 Å². The van der Waals surface area contributed by atoms with Gasteiger partial charge in [0.25, 0.3) is 0 Å². The van der Waals surface area contributed by atoms with E-state index >= 15 is 0 Å². The number of amides is 2. The predicted molar refractivity (Wildman–Crippen MR) is 110 cm³/mol. The first-order chi connectivity index (χ1) is 13.5. The molecule has 7 nitrogen and oxygen atoms in total. The van der Waals surface area contributed by atoms with Gasteiger partial charge in [0.1, 0.15) is 6.04 Å². The van der Waals surface area contributed by atoms with Crippen molar-refractivity contribution in [2.45, 2.75) is 45.7 Å². The maximum Gasteiger partial charge on any atom is 0.328 e. The SMILES string of the molecule is COC(=O)[C@@H]1C[C@]2(CC(=O)N(c3cccc(Cl)c3)C2)CN1C(=O)C(N)C(C)(C)C. The van der Waals surface area contributed by atoms with E-state index in [1.54, 1.807) is 23.1 Å². The fourth-order valence-electron chi connectivity index (χ4n) is 4.20. The normalized spacial score (nSPS) is 25.6. The van der Waals surface area contributed by atoms with Crippen molar-refractivity contribution in [2.24, 2.45) is 16.6 Å². The predicted octanol–water partition coefficient (Wildman–Crippen LogP) is 2.21. The Morgan fingerprint density at radius 3 is 2.59 bits per heavy atom. The minimum absolute atomic E-state index is 0.0506. The fraction of sp³-hybridized carbons (Fsp3) is 0.571. The maximum absolute atomic E-state index is 13.1. The summed E-state index contributed by atoms with van der Waals surface area (Å²) in [6, 6.07) is 5.61. The van der Waals surface area contributed by atoms with Crippen molar-refractivity contribution in [3.63, 3.8) is 0 Å². The first-order valence-electron chi connectivity index (χ1n) is 9.67. The van der Waals surface area contributed by atoms with Gasteiger partial charge in [0.2, 0.25) is 11.8 Å². The molecule has 1 aromatic carbocycles. The summed E-state index contributed by atoms with van der Waals surface area (Å²) in [4.78, 5) is 41.6. The first kappa shape index (κ1) is 21.6. The molecule has 2 N–H and O–H groups in total. The summed E-state index contributed by atoms with van der Waals surface area (Å²) >= 11 is 6.08. The van der Waals surface area contributed by atoms with Crippen LogP contribution in [0.4, 0.5) is 5.69 Å². The van der Waals surface area contributed by atoms with Crippen LogP contribution in [-0.2, 0) is 19.1 Å². The average Bonchev–Trinajstić information content (AvgIpc) is 3.18. The zero-order valence-corrected chi connectivity index (χ0v) is 18.0. The van der Waals surface area contributed by atoms with Gasteiger partial charge in [-0.2, -0.15) is 0 Å². The van der Waals surface area contributed by atoms with Gasteiger partial charge in [0.15, 0.2) is 0 Å².